The maximum atomic E-state index is 12.2. The largest absolute Gasteiger partial charge is 0.507 e. The number of hydrogen-bond donors (Lipinski definition) is 1. The Labute approximate surface area is 84.1 Å². The topological polar surface area (TPSA) is 54.4 Å². The van der Waals surface area contributed by atoms with E-state index in [1.807, 2.05) is 0 Å². The van der Waals surface area contributed by atoms with Gasteiger partial charge in [0.2, 0.25) is 0 Å². The number of hydrogen-bond acceptors (Lipinski definition) is 3. The van der Waals surface area contributed by atoms with Crippen molar-refractivity contribution in [1.82, 2.24) is 0 Å². The second kappa shape index (κ2) is 3.41. The summed E-state index contributed by atoms with van der Waals surface area (Å²) in [6.45, 7) is 0. The zero-order valence-electron chi connectivity index (χ0n) is 7.54. The van der Waals surface area contributed by atoms with Crippen molar-refractivity contribution >= 4 is 9.84 Å². The third-order valence-electron chi connectivity index (χ3n) is 1.69. The molecule has 0 aromatic heterocycles. The van der Waals surface area contributed by atoms with Gasteiger partial charge in [0.15, 0.2) is 9.84 Å². The van der Waals surface area contributed by atoms with Crippen LogP contribution in [0.2, 0.25) is 0 Å². The van der Waals surface area contributed by atoms with Gasteiger partial charge < -0.3 is 5.11 Å². The minimum absolute atomic E-state index is 0.407. The van der Waals surface area contributed by atoms with Crippen molar-refractivity contribution in [2.45, 2.75) is 11.1 Å². The van der Waals surface area contributed by atoms with Crippen LogP contribution in [0, 0.1) is 0 Å². The third-order valence-corrected chi connectivity index (χ3v) is 2.81. The van der Waals surface area contributed by atoms with E-state index in [2.05, 4.69) is 0 Å². The van der Waals surface area contributed by atoms with Crippen LogP contribution >= 0.6 is 0 Å². The van der Waals surface area contributed by atoms with Crippen LogP contribution in [-0.4, -0.2) is 19.8 Å². The average Bonchev–Trinajstić information content (AvgIpc) is 2.00. The van der Waals surface area contributed by atoms with Gasteiger partial charge in [-0.2, -0.15) is 13.2 Å². The Hall–Kier alpha value is -1.24. The Bertz CT molecular complexity index is 476. The van der Waals surface area contributed by atoms with Crippen LogP contribution in [0.15, 0.2) is 23.1 Å². The van der Waals surface area contributed by atoms with Crippen LogP contribution in [-0.2, 0) is 16.0 Å². The Morgan fingerprint density at radius 1 is 1.27 bits per heavy atom. The summed E-state index contributed by atoms with van der Waals surface area (Å²) in [7, 11) is -3.87. The van der Waals surface area contributed by atoms with Gasteiger partial charge in [0, 0.05) is 6.26 Å². The molecule has 0 unspecified atom stereocenters. The zero-order chi connectivity index (χ0) is 11.9. The summed E-state index contributed by atoms with van der Waals surface area (Å²) < 4.78 is 58.6. The van der Waals surface area contributed by atoms with E-state index in [-0.39, 0.29) is 0 Å². The average molecular weight is 240 g/mol. The quantitative estimate of drug-likeness (QED) is 0.814. The molecule has 0 saturated carbocycles. The molecule has 84 valence electrons. The number of aromatic hydroxyl groups is 1. The molecule has 3 nitrogen and oxygen atoms in total. The van der Waals surface area contributed by atoms with Gasteiger partial charge in [0.05, 0.1) is 5.56 Å². The molecular weight excluding hydrogens is 233 g/mol. The molecule has 0 amide bonds. The summed E-state index contributed by atoms with van der Waals surface area (Å²) in [5.74, 6) is -0.689. The first kappa shape index (κ1) is 11.8. The third kappa shape index (κ3) is 2.62. The van der Waals surface area contributed by atoms with E-state index in [1.54, 1.807) is 0 Å². The Morgan fingerprint density at radius 3 is 2.20 bits per heavy atom. The molecule has 1 aromatic rings. The number of phenols is 1. The Kier molecular flexibility index (Phi) is 2.69. The van der Waals surface area contributed by atoms with Gasteiger partial charge in [-0.3, -0.25) is 0 Å². The van der Waals surface area contributed by atoms with Crippen molar-refractivity contribution < 1.29 is 26.7 Å². The first-order valence-electron chi connectivity index (χ1n) is 3.72. The normalized spacial score (nSPS) is 12.8. The second-order valence-corrected chi connectivity index (χ2v) is 4.94. The number of benzene rings is 1. The first-order valence-corrected chi connectivity index (χ1v) is 5.62. The summed E-state index contributed by atoms with van der Waals surface area (Å²) in [5.41, 5.74) is -1.11. The van der Waals surface area contributed by atoms with E-state index in [9.17, 15) is 21.6 Å². The van der Waals surface area contributed by atoms with Crippen molar-refractivity contribution in [2.75, 3.05) is 6.26 Å². The first-order chi connectivity index (χ1) is 6.62. The molecule has 0 fully saturated rings. The predicted octanol–water partition coefficient (Wildman–Crippen LogP) is 1.81. The summed E-state index contributed by atoms with van der Waals surface area (Å²) >= 11 is 0. The Morgan fingerprint density at radius 2 is 1.80 bits per heavy atom. The molecule has 0 heterocycles. The van der Waals surface area contributed by atoms with Crippen LogP contribution in [0.1, 0.15) is 5.56 Å². The van der Waals surface area contributed by atoms with Gasteiger partial charge in [0.25, 0.3) is 0 Å². The number of sulfone groups is 1. The molecule has 1 rings (SSSR count). The van der Waals surface area contributed by atoms with Gasteiger partial charge in [-0.25, -0.2) is 8.42 Å². The molecule has 0 aliphatic carbocycles. The minimum Gasteiger partial charge on any atom is -0.507 e. The fraction of sp³-hybridized carbons (Fsp3) is 0.250. The lowest BCUT2D eigenvalue weighted by molar-refractivity contribution is -0.137. The molecule has 0 aliphatic heterocycles. The second-order valence-electron chi connectivity index (χ2n) is 2.95. The fourth-order valence-corrected chi connectivity index (χ4v) is 1.78. The van der Waals surface area contributed by atoms with Gasteiger partial charge in [-0.05, 0) is 18.2 Å². The molecule has 0 atom stereocenters. The van der Waals surface area contributed by atoms with Crippen LogP contribution in [0.4, 0.5) is 13.2 Å². The highest BCUT2D eigenvalue weighted by Crippen LogP contribution is 2.33. The van der Waals surface area contributed by atoms with Gasteiger partial charge >= 0.3 is 6.18 Å². The highest BCUT2D eigenvalue weighted by atomic mass is 32.2. The lowest BCUT2D eigenvalue weighted by Crippen LogP contribution is -2.07. The summed E-state index contributed by atoms with van der Waals surface area (Å²) in [6.07, 6.45) is -3.91. The van der Waals surface area contributed by atoms with Crippen molar-refractivity contribution in [3.05, 3.63) is 23.8 Å². The molecule has 1 N–H and O–H groups in total. The fourth-order valence-electron chi connectivity index (χ4n) is 0.987. The number of rotatable bonds is 1. The van der Waals surface area contributed by atoms with Crippen molar-refractivity contribution in [3.63, 3.8) is 0 Å². The monoisotopic (exact) mass is 240 g/mol. The summed E-state index contributed by atoms with van der Waals surface area (Å²) in [4.78, 5) is -0.725. The Balaban J connectivity index is 3.43. The molecule has 0 saturated heterocycles. The number of halogens is 3. The zero-order valence-corrected chi connectivity index (χ0v) is 8.35. The van der Waals surface area contributed by atoms with Crippen LogP contribution in [0.5, 0.6) is 5.75 Å². The predicted molar refractivity (Wildman–Crippen MR) is 46.2 cm³/mol. The standard InChI is InChI=1S/C8H7F3O3S/c1-15(13,14)7-4-5(8(9,10)11)2-3-6(7)12/h2-4,12H,1H3. The van der Waals surface area contributed by atoms with E-state index in [4.69, 9.17) is 5.11 Å². The molecule has 0 spiro atoms. The summed E-state index contributed by atoms with van der Waals surface area (Å²) in [5, 5.41) is 9.09. The number of phenolic OH excluding ortho intramolecular Hbond substituents is 1. The van der Waals surface area contributed by atoms with E-state index in [0.29, 0.717) is 18.2 Å². The maximum Gasteiger partial charge on any atom is 0.416 e. The SMILES string of the molecule is CS(=O)(=O)c1cc(C(F)(F)F)ccc1O. The molecule has 0 bridgehead atoms. The molecule has 7 heteroatoms. The lowest BCUT2D eigenvalue weighted by atomic mass is 10.2. The van der Waals surface area contributed by atoms with Crippen LogP contribution in [0.3, 0.4) is 0 Å². The van der Waals surface area contributed by atoms with E-state index < -0.39 is 32.2 Å². The molecule has 0 aliphatic rings. The van der Waals surface area contributed by atoms with Gasteiger partial charge in [0.1, 0.15) is 10.6 Å². The maximum absolute atomic E-state index is 12.2. The van der Waals surface area contributed by atoms with Gasteiger partial charge in [-0.1, -0.05) is 0 Å². The van der Waals surface area contributed by atoms with Crippen LogP contribution < -0.4 is 0 Å². The van der Waals surface area contributed by atoms with Crippen LogP contribution in [0.25, 0.3) is 0 Å². The summed E-state index contributed by atoms with van der Waals surface area (Å²) in [6, 6.07) is 1.73. The molecule has 15 heavy (non-hydrogen) atoms. The van der Waals surface area contributed by atoms with E-state index in [1.165, 1.54) is 0 Å². The lowest BCUT2D eigenvalue weighted by Gasteiger charge is -2.08. The van der Waals surface area contributed by atoms with E-state index in [0.717, 1.165) is 6.26 Å². The minimum atomic E-state index is -4.63. The number of alkyl halides is 3. The van der Waals surface area contributed by atoms with Gasteiger partial charge in [-0.15, -0.1) is 0 Å². The van der Waals surface area contributed by atoms with Crippen molar-refractivity contribution in [3.8, 4) is 5.75 Å². The molecule has 0 radical (unpaired) electrons. The van der Waals surface area contributed by atoms with Crippen molar-refractivity contribution in [1.29, 1.82) is 0 Å². The molecule has 1 aromatic carbocycles. The highest BCUT2D eigenvalue weighted by molar-refractivity contribution is 7.90. The van der Waals surface area contributed by atoms with Crippen molar-refractivity contribution in [2.24, 2.45) is 0 Å². The highest BCUT2D eigenvalue weighted by Gasteiger charge is 2.32. The smallest absolute Gasteiger partial charge is 0.416 e. The van der Waals surface area contributed by atoms with E-state index >= 15 is 0 Å². The molecular formula is C8H7F3O3S.